The minimum atomic E-state index is -0.664. The zero-order valence-corrected chi connectivity index (χ0v) is 22.0. The Hall–Kier alpha value is -4.34. The maximum absolute atomic E-state index is 13.0. The highest BCUT2D eigenvalue weighted by Crippen LogP contribution is 2.39. The van der Waals surface area contributed by atoms with E-state index in [0.29, 0.717) is 38.3 Å². The second kappa shape index (κ2) is 10.6. The number of para-hydroxylation sites is 1. The molecule has 0 saturated heterocycles. The zero-order chi connectivity index (χ0) is 26.8. The Morgan fingerprint density at radius 1 is 0.947 bits per heavy atom. The van der Waals surface area contributed by atoms with E-state index in [0.717, 1.165) is 10.1 Å². The molecule has 5 rings (SSSR count). The van der Waals surface area contributed by atoms with Gasteiger partial charge in [0, 0.05) is 21.2 Å². The summed E-state index contributed by atoms with van der Waals surface area (Å²) >= 11 is 7.69. The van der Waals surface area contributed by atoms with E-state index < -0.39 is 11.9 Å². The molecule has 0 amide bonds. The fourth-order valence-corrected chi connectivity index (χ4v) is 5.25. The summed E-state index contributed by atoms with van der Waals surface area (Å²) in [5.74, 6) is 0.203. The highest BCUT2D eigenvalue weighted by Gasteiger charge is 2.27. The minimum absolute atomic E-state index is 0.0251. The number of esters is 2. The van der Waals surface area contributed by atoms with Gasteiger partial charge in [0.1, 0.15) is 10.6 Å². The van der Waals surface area contributed by atoms with Gasteiger partial charge < -0.3 is 23.7 Å². The number of nitrogens with zero attached hydrogens (tertiary/aromatic N) is 1. The van der Waals surface area contributed by atoms with Crippen molar-refractivity contribution in [1.29, 1.82) is 0 Å². The van der Waals surface area contributed by atoms with Gasteiger partial charge in [0.05, 0.1) is 26.4 Å². The average Bonchev–Trinajstić information content (AvgIpc) is 3.48. The maximum atomic E-state index is 13.0. The first kappa shape index (κ1) is 25.3. The lowest BCUT2D eigenvalue weighted by molar-refractivity contribution is -0.129. The van der Waals surface area contributed by atoms with E-state index >= 15 is 0 Å². The Labute approximate surface area is 226 Å². The fraction of sp³-hybridized carbons (Fsp3) is 0.107. The topological polar surface area (TPSA) is 92.7 Å². The lowest BCUT2D eigenvalue weighted by Crippen LogP contribution is -2.08. The number of methoxy groups -OCH3 is 3. The molecule has 1 aliphatic heterocycles. The highest BCUT2D eigenvalue weighted by atomic mass is 35.5. The molecule has 0 atom stereocenters. The van der Waals surface area contributed by atoms with Gasteiger partial charge in [-0.15, -0.1) is 11.3 Å². The molecule has 3 aromatic carbocycles. The molecule has 38 heavy (non-hydrogen) atoms. The Kier molecular flexibility index (Phi) is 7.04. The van der Waals surface area contributed by atoms with E-state index in [9.17, 15) is 9.59 Å². The molecular formula is C28H20ClNO7S. The Morgan fingerprint density at radius 3 is 2.32 bits per heavy atom. The molecule has 0 saturated carbocycles. The second-order valence-corrected chi connectivity index (χ2v) is 9.35. The van der Waals surface area contributed by atoms with Gasteiger partial charge in [-0.25, -0.2) is 14.6 Å². The molecule has 4 aromatic rings. The van der Waals surface area contributed by atoms with E-state index in [4.69, 9.17) is 35.3 Å². The van der Waals surface area contributed by atoms with Crippen LogP contribution in [-0.2, 0) is 9.53 Å². The van der Waals surface area contributed by atoms with Crippen LogP contribution in [0.2, 0.25) is 5.02 Å². The number of carbonyl (C=O) groups is 2. The van der Waals surface area contributed by atoms with Crippen LogP contribution in [0.1, 0.15) is 20.8 Å². The van der Waals surface area contributed by atoms with E-state index in [2.05, 4.69) is 4.99 Å². The molecule has 0 unspecified atom stereocenters. The molecule has 0 fully saturated rings. The SMILES string of the molecule is COc1cc(C2=N/C(=C/c3ccccc3OC(=O)c3sc4ccccc4c3Cl)C(=O)O2)cc(OC)c1OC. The number of rotatable bonds is 7. The first-order valence-corrected chi connectivity index (χ1v) is 12.4. The van der Waals surface area contributed by atoms with Crippen molar-refractivity contribution in [2.45, 2.75) is 0 Å². The lowest BCUT2D eigenvalue weighted by atomic mass is 10.1. The van der Waals surface area contributed by atoms with Gasteiger partial charge in [0.15, 0.2) is 17.2 Å². The number of hydrogen-bond donors (Lipinski definition) is 0. The normalized spacial score (nSPS) is 13.8. The lowest BCUT2D eigenvalue weighted by Gasteiger charge is -2.13. The largest absolute Gasteiger partial charge is 0.493 e. The second-order valence-electron chi connectivity index (χ2n) is 7.92. The van der Waals surface area contributed by atoms with Crippen LogP contribution < -0.4 is 18.9 Å². The van der Waals surface area contributed by atoms with Crippen LogP contribution >= 0.6 is 22.9 Å². The number of ether oxygens (including phenoxy) is 5. The van der Waals surface area contributed by atoms with Gasteiger partial charge in [-0.3, -0.25) is 0 Å². The van der Waals surface area contributed by atoms with Crippen molar-refractivity contribution in [3.63, 3.8) is 0 Å². The van der Waals surface area contributed by atoms with E-state index in [1.807, 2.05) is 24.3 Å². The van der Waals surface area contributed by atoms with Gasteiger partial charge in [-0.1, -0.05) is 48.0 Å². The van der Waals surface area contributed by atoms with Crippen molar-refractivity contribution in [2.24, 2.45) is 4.99 Å². The molecule has 0 bridgehead atoms. The van der Waals surface area contributed by atoms with Crippen LogP contribution in [0.15, 0.2) is 71.4 Å². The summed E-state index contributed by atoms with van der Waals surface area (Å²) in [7, 11) is 4.46. The minimum Gasteiger partial charge on any atom is -0.493 e. The van der Waals surface area contributed by atoms with Crippen LogP contribution in [-0.4, -0.2) is 39.2 Å². The third kappa shape index (κ3) is 4.69. The van der Waals surface area contributed by atoms with Gasteiger partial charge in [0.2, 0.25) is 11.6 Å². The number of aliphatic imine (C=N–C) groups is 1. The number of cyclic esters (lactones) is 1. The summed E-state index contributed by atoms with van der Waals surface area (Å²) < 4.78 is 28.1. The summed E-state index contributed by atoms with van der Waals surface area (Å²) in [6.07, 6.45) is 1.49. The average molecular weight is 550 g/mol. The van der Waals surface area contributed by atoms with Gasteiger partial charge in [-0.05, 0) is 30.3 Å². The van der Waals surface area contributed by atoms with Crippen LogP contribution in [0.5, 0.6) is 23.0 Å². The molecule has 0 aliphatic carbocycles. The smallest absolute Gasteiger partial charge is 0.363 e. The number of hydrogen-bond acceptors (Lipinski definition) is 9. The molecule has 8 nitrogen and oxygen atoms in total. The Balaban J connectivity index is 1.46. The number of halogens is 1. The molecular weight excluding hydrogens is 530 g/mol. The quantitative estimate of drug-likeness (QED) is 0.155. The van der Waals surface area contributed by atoms with E-state index in [1.165, 1.54) is 38.7 Å². The van der Waals surface area contributed by atoms with Crippen molar-refractivity contribution in [3.05, 3.63) is 87.4 Å². The van der Waals surface area contributed by atoms with Gasteiger partial charge in [-0.2, -0.15) is 0 Å². The van der Waals surface area contributed by atoms with E-state index in [-0.39, 0.29) is 17.3 Å². The molecule has 10 heteroatoms. The molecule has 1 aliphatic rings. The van der Waals surface area contributed by atoms with E-state index in [1.54, 1.807) is 36.4 Å². The number of benzene rings is 3. The molecule has 1 aromatic heterocycles. The summed E-state index contributed by atoms with van der Waals surface area (Å²) in [5, 5.41) is 1.12. The fourth-order valence-electron chi connectivity index (χ4n) is 3.87. The van der Waals surface area contributed by atoms with Crippen LogP contribution in [0.25, 0.3) is 16.2 Å². The molecule has 192 valence electrons. The zero-order valence-electron chi connectivity index (χ0n) is 20.4. The number of thiophene rings is 1. The van der Waals surface area contributed by atoms with Crippen LogP contribution in [0.4, 0.5) is 0 Å². The standard InChI is InChI=1S/C28H20ClNO7S/c1-33-20-13-16(14-21(34-2)24(20)35-3)26-30-18(27(31)37-26)12-15-8-4-6-10-19(15)36-28(32)25-23(29)17-9-5-7-11-22(17)38-25/h4-14H,1-3H3/b18-12+. The highest BCUT2D eigenvalue weighted by molar-refractivity contribution is 7.21. The third-order valence-corrected chi connectivity index (χ3v) is 7.32. The van der Waals surface area contributed by atoms with Crippen molar-refractivity contribution >= 4 is 56.9 Å². The predicted octanol–water partition coefficient (Wildman–Crippen LogP) is 6.14. The third-order valence-electron chi connectivity index (χ3n) is 5.67. The van der Waals surface area contributed by atoms with Crippen LogP contribution in [0.3, 0.4) is 0 Å². The summed E-state index contributed by atoms with van der Waals surface area (Å²) in [6.45, 7) is 0. The first-order chi connectivity index (χ1) is 18.4. The summed E-state index contributed by atoms with van der Waals surface area (Å²) in [4.78, 5) is 30.3. The van der Waals surface area contributed by atoms with Crippen molar-refractivity contribution in [2.75, 3.05) is 21.3 Å². The number of fused-ring (bicyclic) bond motifs is 1. The van der Waals surface area contributed by atoms with Crippen molar-refractivity contribution in [3.8, 4) is 23.0 Å². The molecule has 2 heterocycles. The number of carbonyl (C=O) groups excluding carboxylic acids is 2. The molecule has 0 spiro atoms. The maximum Gasteiger partial charge on any atom is 0.363 e. The van der Waals surface area contributed by atoms with Gasteiger partial charge in [0.25, 0.3) is 0 Å². The Morgan fingerprint density at radius 2 is 1.63 bits per heavy atom. The Bertz CT molecular complexity index is 1610. The monoisotopic (exact) mass is 549 g/mol. The van der Waals surface area contributed by atoms with Crippen molar-refractivity contribution in [1.82, 2.24) is 0 Å². The summed E-state index contributed by atoms with van der Waals surface area (Å²) in [5.41, 5.74) is 0.937. The predicted molar refractivity (Wildman–Crippen MR) is 145 cm³/mol. The van der Waals surface area contributed by atoms with Crippen LogP contribution in [0, 0.1) is 0 Å². The summed E-state index contributed by atoms with van der Waals surface area (Å²) in [6, 6.07) is 17.5. The molecule has 0 N–H and O–H groups in total. The molecule has 0 radical (unpaired) electrons. The van der Waals surface area contributed by atoms with Gasteiger partial charge >= 0.3 is 11.9 Å². The first-order valence-electron chi connectivity index (χ1n) is 11.2. The van der Waals surface area contributed by atoms with Crippen molar-refractivity contribution < 1.29 is 33.3 Å².